The van der Waals surface area contributed by atoms with Crippen molar-refractivity contribution in [1.82, 2.24) is 5.32 Å². The zero-order chi connectivity index (χ0) is 32.5. The maximum atomic E-state index is 13.1. The molecule has 4 N–H and O–H groups in total. The monoisotopic (exact) mass is 612 g/mol. The predicted octanol–water partition coefficient (Wildman–Crippen LogP) is 6.16. The van der Waals surface area contributed by atoms with Crippen LogP contribution < -0.4 is 35.1 Å². The van der Waals surface area contributed by atoms with Crippen LogP contribution in [-0.4, -0.2) is 44.3 Å². The van der Waals surface area contributed by atoms with Crippen LogP contribution >= 0.6 is 0 Å². The summed E-state index contributed by atoms with van der Waals surface area (Å²) in [5.41, 5.74) is 4.17. The molecule has 3 amide bonds. The molecule has 234 valence electrons. The molecule has 0 fully saturated rings. The molecule has 4 rings (SSSR count). The summed E-state index contributed by atoms with van der Waals surface area (Å²) in [5, 5.41) is 18.6. The zero-order valence-corrected chi connectivity index (χ0v) is 25.7. The van der Waals surface area contributed by atoms with Crippen molar-refractivity contribution in [3.63, 3.8) is 0 Å². The number of benzene rings is 3. The van der Waals surface area contributed by atoms with Gasteiger partial charge in [-0.25, -0.2) is 4.79 Å². The summed E-state index contributed by atoms with van der Waals surface area (Å²) >= 11 is 0. The Hall–Kier alpha value is -5.71. The molecule has 45 heavy (non-hydrogen) atoms. The highest BCUT2D eigenvalue weighted by atomic mass is 16.5. The summed E-state index contributed by atoms with van der Waals surface area (Å²) in [6.45, 7) is 3.32. The van der Waals surface area contributed by atoms with Crippen molar-refractivity contribution in [3.05, 3.63) is 108 Å². The number of para-hydroxylation sites is 1. The van der Waals surface area contributed by atoms with Crippen LogP contribution in [0.25, 0.3) is 0 Å². The van der Waals surface area contributed by atoms with Gasteiger partial charge in [-0.05, 0) is 66.6 Å². The lowest BCUT2D eigenvalue weighted by Crippen LogP contribution is -2.28. The first-order valence-electron chi connectivity index (χ1n) is 14.1. The van der Waals surface area contributed by atoms with E-state index in [0.717, 1.165) is 5.56 Å². The van der Waals surface area contributed by atoms with Crippen molar-refractivity contribution in [2.45, 2.75) is 26.2 Å². The quantitative estimate of drug-likeness (QED) is 0.202. The Labute approximate surface area is 261 Å². The second-order valence-corrected chi connectivity index (χ2v) is 10.1. The minimum atomic E-state index is -1.00. The van der Waals surface area contributed by atoms with E-state index in [4.69, 9.17) is 14.2 Å². The van der Waals surface area contributed by atoms with Gasteiger partial charge in [-0.15, -0.1) is 0 Å². The Morgan fingerprint density at radius 3 is 2.27 bits per heavy atom. The second-order valence-electron chi connectivity index (χ2n) is 10.1. The molecule has 1 heterocycles. The van der Waals surface area contributed by atoms with Crippen LogP contribution in [0.4, 0.5) is 21.9 Å². The summed E-state index contributed by atoms with van der Waals surface area (Å²) in [7, 11) is 4.51. The number of amides is 3. The van der Waals surface area contributed by atoms with Crippen LogP contribution in [0.15, 0.2) is 96.5 Å². The molecule has 11 nitrogen and oxygen atoms in total. The normalized spacial score (nSPS) is 12.8. The van der Waals surface area contributed by atoms with Gasteiger partial charge in [-0.2, -0.15) is 0 Å². The molecular formula is C34H36N4O7. The van der Waals surface area contributed by atoms with Crippen molar-refractivity contribution in [2.75, 3.05) is 36.9 Å². The summed E-state index contributed by atoms with van der Waals surface area (Å²) in [6.07, 6.45) is 6.65. The van der Waals surface area contributed by atoms with Crippen molar-refractivity contribution in [3.8, 4) is 17.2 Å². The fourth-order valence-electron chi connectivity index (χ4n) is 4.96. The number of rotatable bonds is 11. The molecule has 3 aromatic rings. The molecule has 1 unspecified atom stereocenters. The van der Waals surface area contributed by atoms with Gasteiger partial charge in [0.05, 0.1) is 44.8 Å². The van der Waals surface area contributed by atoms with Gasteiger partial charge in [-0.1, -0.05) is 24.3 Å². The number of hydrogen-bond acceptors (Lipinski definition) is 7. The molecule has 0 saturated carbocycles. The lowest BCUT2D eigenvalue weighted by molar-refractivity contribution is -0.137. The van der Waals surface area contributed by atoms with Crippen LogP contribution in [0.1, 0.15) is 30.4 Å². The van der Waals surface area contributed by atoms with Gasteiger partial charge >= 0.3 is 12.0 Å². The predicted molar refractivity (Wildman–Crippen MR) is 173 cm³/mol. The van der Waals surface area contributed by atoms with E-state index in [1.54, 1.807) is 66.9 Å². The average molecular weight is 613 g/mol. The molecule has 1 aliphatic heterocycles. The van der Waals surface area contributed by atoms with Crippen molar-refractivity contribution < 1.29 is 33.7 Å². The SMILES string of the molecule is COc1cc(N(C(C)=O)C2=CC=CNC(C(CC(=O)O)c3ccc(OC)c(OC)c3)=C2)ccc1NC(=O)Nc1ccccc1C. The van der Waals surface area contributed by atoms with Gasteiger partial charge in [-0.3, -0.25) is 14.5 Å². The van der Waals surface area contributed by atoms with E-state index in [1.807, 2.05) is 25.1 Å². The fraction of sp³-hybridized carbons (Fsp3) is 0.206. The first kappa shape index (κ1) is 32.2. The van der Waals surface area contributed by atoms with E-state index in [2.05, 4.69) is 16.0 Å². The number of carboxylic acids is 1. The third-order valence-electron chi connectivity index (χ3n) is 7.14. The zero-order valence-electron chi connectivity index (χ0n) is 25.7. The minimum Gasteiger partial charge on any atom is -0.494 e. The van der Waals surface area contributed by atoms with Crippen LogP contribution in [0.5, 0.6) is 17.2 Å². The Kier molecular flexibility index (Phi) is 10.5. The number of urea groups is 1. The van der Waals surface area contributed by atoms with Crippen LogP contribution in [0.2, 0.25) is 0 Å². The van der Waals surface area contributed by atoms with Gasteiger partial charge in [0.25, 0.3) is 0 Å². The highest BCUT2D eigenvalue weighted by Gasteiger charge is 2.25. The topological polar surface area (TPSA) is 138 Å². The smallest absolute Gasteiger partial charge is 0.323 e. The number of carbonyl (C=O) groups excluding carboxylic acids is 2. The third kappa shape index (κ3) is 7.82. The molecule has 0 saturated heterocycles. The van der Waals surface area contributed by atoms with E-state index in [9.17, 15) is 19.5 Å². The maximum absolute atomic E-state index is 13.1. The number of anilines is 3. The van der Waals surface area contributed by atoms with Gasteiger partial charge in [0.1, 0.15) is 5.75 Å². The number of nitrogens with one attached hydrogen (secondary N) is 3. The number of nitrogens with zero attached hydrogens (tertiary/aromatic N) is 1. The van der Waals surface area contributed by atoms with Crippen molar-refractivity contribution >= 4 is 35.0 Å². The number of carbonyl (C=O) groups is 3. The summed E-state index contributed by atoms with van der Waals surface area (Å²) in [6, 6.07) is 17.2. The molecular weight excluding hydrogens is 576 g/mol. The van der Waals surface area contributed by atoms with E-state index in [1.165, 1.54) is 33.2 Å². The van der Waals surface area contributed by atoms with Gasteiger partial charge in [0.15, 0.2) is 11.5 Å². The molecule has 0 aromatic heterocycles. The van der Waals surface area contributed by atoms with Crippen molar-refractivity contribution in [1.29, 1.82) is 0 Å². The second kappa shape index (κ2) is 14.6. The molecule has 0 bridgehead atoms. The highest BCUT2D eigenvalue weighted by Crippen LogP contribution is 2.37. The lowest BCUT2D eigenvalue weighted by atomic mass is 9.91. The maximum Gasteiger partial charge on any atom is 0.323 e. The van der Waals surface area contributed by atoms with Crippen LogP contribution in [0, 0.1) is 6.92 Å². The summed E-state index contributed by atoms with van der Waals surface area (Å²) < 4.78 is 16.4. The number of methoxy groups -OCH3 is 3. The molecule has 0 radical (unpaired) electrons. The van der Waals surface area contributed by atoms with E-state index < -0.39 is 17.9 Å². The number of aliphatic carboxylic acids is 1. The largest absolute Gasteiger partial charge is 0.494 e. The number of hydrogen-bond donors (Lipinski definition) is 4. The van der Waals surface area contributed by atoms with E-state index in [-0.39, 0.29) is 12.3 Å². The van der Waals surface area contributed by atoms with Gasteiger partial charge in [0, 0.05) is 36.5 Å². The Bertz CT molecular complexity index is 1680. The van der Waals surface area contributed by atoms with Crippen molar-refractivity contribution in [2.24, 2.45) is 0 Å². The van der Waals surface area contributed by atoms with E-state index in [0.29, 0.717) is 51.3 Å². The number of allylic oxidation sites excluding steroid dienone is 4. The number of carboxylic acid groups (broad SMARTS) is 1. The highest BCUT2D eigenvalue weighted by molar-refractivity contribution is 6.02. The summed E-state index contributed by atoms with van der Waals surface area (Å²) in [5.74, 6) is -0.604. The Balaban J connectivity index is 1.67. The number of ether oxygens (including phenoxy) is 3. The summed E-state index contributed by atoms with van der Waals surface area (Å²) in [4.78, 5) is 39.3. The molecule has 1 atom stereocenters. The van der Waals surface area contributed by atoms with Gasteiger partial charge in [0.2, 0.25) is 5.91 Å². The Morgan fingerprint density at radius 1 is 0.889 bits per heavy atom. The molecule has 1 aliphatic rings. The standard InChI is InChI=1S/C34H36N4O7/c1-21-9-6-7-11-27(21)36-34(42)37-28-14-13-25(19-31(28)44-4)38(22(2)39)24-10-8-16-35-29(18-24)26(20-33(40)41)23-12-15-30(43-3)32(17-23)45-5/h6-19,26,35H,20H2,1-5H3,(H,40,41)(H2,36,37,42). The van der Waals surface area contributed by atoms with Crippen LogP contribution in [0.3, 0.4) is 0 Å². The minimum absolute atomic E-state index is 0.228. The molecule has 3 aromatic carbocycles. The first-order chi connectivity index (χ1) is 21.6. The average Bonchev–Trinajstić information content (AvgIpc) is 3.27. The Morgan fingerprint density at radius 2 is 1.60 bits per heavy atom. The van der Waals surface area contributed by atoms with Gasteiger partial charge < -0.3 is 35.3 Å². The van der Waals surface area contributed by atoms with Crippen LogP contribution in [-0.2, 0) is 9.59 Å². The fourth-order valence-corrected chi connectivity index (χ4v) is 4.96. The molecule has 11 heteroatoms. The molecule has 0 aliphatic carbocycles. The first-order valence-corrected chi connectivity index (χ1v) is 14.1. The number of aryl methyl sites for hydroxylation is 1. The van der Waals surface area contributed by atoms with E-state index >= 15 is 0 Å². The third-order valence-corrected chi connectivity index (χ3v) is 7.14. The molecule has 0 spiro atoms. The lowest BCUT2D eigenvalue weighted by Gasteiger charge is -2.25.